The molecule has 0 aliphatic carbocycles. The van der Waals surface area contributed by atoms with Crippen molar-refractivity contribution in [2.24, 2.45) is 7.05 Å². The predicted molar refractivity (Wildman–Crippen MR) is 120 cm³/mol. The summed E-state index contributed by atoms with van der Waals surface area (Å²) in [6.07, 6.45) is 5.71. The number of aromatic nitrogens is 2. The van der Waals surface area contributed by atoms with E-state index in [9.17, 15) is 13.2 Å². The van der Waals surface area contributed by atoms with Gasteiger partial charge in [0.05, 0.1) is 15.4 Å². The molecule has 0 saturated carbocycles. The third kappa shape index (κ3) is 3.24. The van der Waals surface area contributed by atoms with E-state index >= 15 is 0 Å². The molecule has 7 nitrogen and oxygen atoms in total. The third-order valence-electron chi connectivity index (χ3n) is 6.36. The van der Waals surface area contributed by atoms with Gasteiger partial charge in [-0.1, -0.05) is 0 Å². The summed E-state index contributed by atoms with van der Waals surface area (Å²) in [5.41, 5.74) is 2.38. The molecular weight excluding hydrogens is 426 g/mol. The first-order valence-corrected chi connectivity index (χ1v) is 12.3. The Labute approximate surface area is 187 Å². The number of carbonyl (C=O) groups is 1. The van der Waals surface area contributed by atoms with E-state index in [2.05, 4.69) is 14.9 Å². The largest absolute Gasteiger partial charge is 0.456 e. The molecule has 2 unspecified atom stereocenters. The maximum atomic E-state index is 13.6. The Balaban J connectivity index is 1.84. The fourth-order valence-corrected chi connectivity index (χ4v) is 6.46. The van der Waals surface area contributed by atoms with Gasteiger partial charge in [-0.05, 0) is 63.4 Å². The Morgan fingerprint density at radius 3 is 2.69 bits per heavy atom. The number of pyridine rings is 1. The number of rotatable bonds is 3. The second-order valence-corrected chi connectivity index (χ2v) is 11.6. The van der Waals surface area contributed by atoms with Crippen LogP contribution in [0.25, 0.3) is 10.9 Å². The van der Waals surface area contributed by atoms with Crippen molar-refractivity contribution in [1.82, 2.24) is 14.9 Å². The summed E-state index contributed by atoms with van der Waals surface area (Å²) in [4.78, 5) is 17.5. The van der Waals surface area contributed by atoms with Gasteiger partial charge in [0, 0.05) is 54.5 Å². The van der Waals surface area contributed by atoms with Crippen LogP contribution in [-0.2, 0) is 28.0 Å². The van der Waals surface area contributed by atoms with Crippen LogP contribution in [0.2, 0.25) is 0 Å². The van der Waals surface area contributed by atoms with Crippen LogP contribution in [-0.4, -0.2) is 35.6 Å². The zero-order valence-corrected chi connectivity index (χ0v) is 19.5. The highest BCUT2D eigenvalue weighted by molar-refractivity contribution is 7.91. The molecule has 1 aromatic carbocycles. The van der Waals surface area contributed by atoms with Crippen LogP contribution in [0.15, 0.2) is 46.5 Å². The number of sulfone groups is 1. The number of benzene rings is 1. The van der Waals surface area contributed by atoms with E-state index in [1.807, 2.05) is 7.05 Å². The van der Waals surface area contributed by atoms with Crippen molar-refractivity contribution in [3.63, 3.8) is 0 Å². The zero-order chi connectivity index (χ0) is 22.8. The monoisotopic (exact) mass is 453 g/mol. The molecule has 2 aromatic heterocycles. The van der Waals surface area contributed by atoms with Crippen molar-refractivity contribution in [3.05, 3.63) is 53.5 Å². The minimum Gasteiger partial charge on any atom is -0.456 e. The molecule has 2 bridgehead atoms. The van der Waals surface area contributed by atoms with Gasteiger partial charge in [0.1, 0.15) is 5.60 Å². The molecule has 8 heteroatoms. The lowest BCUT2D eigenvalue weighted by atomic mass is 9.96. The molecule has 32 heavy (non-hydrogen) atoms. The molecule has 0 spiro atoms. The third-order valence-corrected chi connectivity index (χ3v) is 8.14. The van der Waals surface area contributed by atoms with Gasteiger partial charge < -0.3 is 14.6 Å². The average molecular weight is 454 g/mol. The molecule has 168 valence electrons. The van der Waals surface area contributed by atoms with Crippen molar-refractivity contribution < 1.29 is 17.9 Å². The highest BCUT2D eigenvalue weighted by Crippen LogP contribution is 2.44. The second-order valence-electron chi connectivity index (χ2n) is 9.64. The lowest BCUT2D eigenvalue weighted by molar-refractivity contribution is 0.00675. The molecule has 1 fully saturated rings. The van der Waals surface area contributed by atoms with Crippen LogP contribution >= 0.6 is 0 Å². The number of nitrogens with zero attached hydrogens (tertiary/aromatic N) is 2. The molecule has 1 N–H and O–H groups in total. The summed E-state index contributed by atoms with van der Waals surface area (Å²) in [6.45, 7) is 5.34. The Bertz CT molecular complexity index is 1340. The molecule has 1 saturated heterocycles. The molecule has 0 radical (unpaired) electrons. The molecule has 5 rings (SSSR count). The van der Waals surface area contributed by atoms with Crippen LogP contribution in [0.1, 0.15) is 61.3 Å². The van der Waals surface area contributed by atoms with Gasteiger partial charge in [0.15, 0.2) is 0 Å². The van der Waals surface area contributed by atoms with Gasteiger partial charge in [0.2, 0.25) is 9.84 Å². The number of hydrogen-bond donors (Lipinski definition) is 1. The van der Waals surface area contributed by atoms with Crippen LogP contribution in [0.5, 0.6) is 0 Å². The van der Waals surface area contributed by atoms with Gasteiger partial charge in [-0.25, -0.2) is 13.2 Å². The Kier molecular flexibility index (Phi) is 4.73. The fraction of sp³-hybridized carbons (Fsp3) is 0.417. The van der Waals surface area contributed by atoms with Crippen molar-refractivity contribution in [2.45, 2.75) is 67.5 Å². The Morgan fingerprint density at radius 2 is 2.00 bits per heavy atom. The van der Waals surface area contributed by atoms with E-state index < -0.39 is 21.4 Å². The summed E-state index contributed by atoms with van der Waals surface area (Å²) in [5, 5.41) is 4.31. The quantitative estimate of drug-likeness (QED) is 0.608. The first kappa shape index (κ1) is 21.2. The Hall–Kier alpha value is -2.71. The van der Waals surface area contributed by atoms with Gasteiger partial charge in [0.25, 0.3) is 0 Å². The van der Waals surface area contributed by atoms with Crippen molar-refractivity contribution in [3.8, 4) is 0 Å². The number of fused-ring (bicyclic) bond motifs is 6. The minimum absolute atomic E-state index is 0.0410. The lowest BCUT2D eigenvalue weighted by Gasteiger charge is -2.24. The molecule has 2 aliphatic heterocycles. The normalized spacial score (nSPS) is 20.4. The average Bonchev–Trinajstić information content (AvgIpc) is 3.25. The van der Waals surface area contributed by atoms with E-state index in [1.54, 1.807) is 32.9 Å². The van der Waals surface area contributed by atoms with Gasteiger partial charge in [-0.3, -0.25) is 4.98 Å². The van der Waals surface area contributed by atoms with Gasteiger partial charge in [-0.15, -0.1) is 0 Å². The van der Waals surface area contributed by atoms with Crippen molar-refractivity contribution in [2.75, 3.05) is 0 Å². The van der Waals surface area contributed by atoms with Crippen molar-refractivity contribution in [1.29, 1.82) is 0 Å². The number of hydrogen-bond acceptors (Lipinski definition) is 6. The summed E-state index contributed by atoms with van der Waals surface area (Å²) >= 11 is 0. The fourth-order valence-electron chi connectivity index (χ4n) is 5.05. The first-order valence-electron chi connectivity index (χ1n) is 10.9. The number of nitrogens with one attached hydrogen (secondary N) is 1. The molecule has 3 aromatic rings. The molecule has 4 heterocycles. The highest BCUT2D eigenvalue weighted by atomic mass is 32.2. The van der Waals surface area contributed by atoms with Gasteiger partial charge in [-0.2, -0.15) is 0 Å². The summed E-state index contributed by atoms with van der Waals surface area (Å²) < 4.78 is 35.1. The van der Waals surface area contributed by atoms with E-state index in [4.69, 9.17) is 4.74 Å². The van der Waals surface area contributed by atoms with E-state index in [0.717, 1.165) is 36.0 Å². The van der Waals surface area contributed by atoms with Crippen LogP contribution < -0.4 is 5.32 Å². The highest BCUT2D eigenvalue weighted by Gasteiger charge is 2.39. The summed E-state index contributed by atoms with van der Waals surface area (Å²) in [6, 6.07) is 6.92. The second kappa shape index (κ2) is 7.15. The number of carbonyl (C=O) groups excluding carboxylic acids is 1. The van der Waals surface area contributed by atoms with Gasteiger partial charge >= 0.3 is 5.97 Å². The maximum absolute atomic E-state index is 13.6. The first-order chi connectivity index (χ1) is 15.1. The zero-order valence-electron chi connectivity index (χ0n) is 18.7. The molecule has 0 amide bonds. The smallest absolute Gasteiger partial charge is 0.340 e. The lowest BCUT2D eigenvalue weighted by Crippen LogP contribution is -2.32. The molecule has 2 atom stereocenters. The van der Waals surface area contributed by atoms with Crippen LogP contribution in [0, 0.1) is 0 Å². The van der Waals surface area contributed by atoms with E-state index in [1.165, 1.54) is 24.5 Å². The topological polar surface area (TPSA) is 90.3 Å². The van der Waals surface area contributed by atoms with Crippen LogP contribution in [0.4, 0.5) is 0 Å². The summed E-state index contributed by atoms with van der Waals surface area (Å²) in [5.74, 6) is -0.626. The Morgan fingerprint density at radius 1 is 1.22 bits per heavy atom. The maximum Gasteiger partial charge on any atom is 0.340 e. The molecular formula is C24H27N3O4S. The SMILES string of the molecule is Cn1c2c(c3c(C(=O)OC(C)(C)C)c(S(=O)(=O)c4cccnc4)ccc31)C1CCC(C2)N1. The van der Waals surface area contributed by atoms with Crippen molar-refractivity contribution >= 4 is 26.7 Å². The molecule has 2 aliphatic rings. The number of aryl methyl sites for hydroxylation is 1. The number of esters is 1. The summed E-state index contributed by atoms with van der Waals surface area (Å²) in [7, 11) is -2.00. The van der Waals surface area contributed by atoms with E-state index in [0.29, 0.717) is 11.4 Å². The number of ether oxygens (including phenoxy) is 1. The van der Waals surface area contributed by atoms with Crippen LogP contribution in [0.3, 0.4) is 0 Å². The van der Waals surface area contributed by atoms with E-state index in [-0.39, 0.29) is 21.4 Å². The standard InChI is InChI=1S/C24H27N3O4S/c1-24(2,3)31-23(28)22-19(32(29,30)15-6-5-11-25-13-15)10-9-17-21(22)20-16-8-7-14(26-16)12-18(20)27(17)4/h5-6,9-11,13-14,16,26H,7-8,12H2,1-4H3. The minimum atomic E-state index is -3.99. The predicted octanol–water partition coefficient (Wildman–Crippen LogP) is 3.71.